The van der Waals surface area contributed by atoms with Gasteiger partial charge in [-0.2, -0.15) is 0 Å². The van der Waals surface area contributed by atoms with Gasteiger partial charge in [-0.15, -0.1) is 0 Å². The average molecular weight is 448 g/mol. The number of benzene rings is 2. The fourth-order valence-electron chi connectivity index (χ4n) is 2.70. The van der Waals surface area contributed by atoms with E-state index in [1.807, 2.05) is 19.9 Å². The van der Waals surface area contributed by atoms with Gasteiger partial charge in [0.25, 0.3) is 0 Å². The highest BCUT2D eigenvalue weighted by Crippen LogP contribution is 2.32. The van der Waals surface area contributed by atoms with Gasteiger partial charge in [0.15, 0.2) is 11.5 Å². The maximum atomic E-state index is 12.4. The first-order valence-corrected chi connectivity index (χ1v) is 10.2. The molecule has 31 heavy (non-hydrogen) atoms. The SMILES string of the molecule is CCOC(=O)c1cc(Cl)c(NC(=O)/C=C/c2ccc(OCC)c(OCC)c2)cc1OC. The molecule has 0 bridgehead atoms. The quantitative estimate of drug-likeness (QED) is 0.408. The van der Waals surface area contributed by atoms with Crippen LogP contribution in [0, 0.1) is 0 Å². The molecular weight excluding hydrogens is 422 g/mol. The van der Waals surface area contributed by atoms with Gasteiger partial charge >= 0.3 is 5.97 Å². The zero-order chi connectivity index (χ0) is 22.8. The maximum Gasteiger partial charge on any atom is 0.341 e. The zero-order valence-electron chi connectivity index (χ0n) is 18.0. The first-order valence-electron chi connectivity index (χ1n) is 9.86. The number of hydrogen-bond acceptors (Lipinski definition) is 6. The predicted octanol–water partition coefficient (Wildman–Crippen LogP) is 4.97. The van der Waals surface area contributed by atoms with Crippen LogP contribution in [0.5, 0.6) is 17.2 Å². The molecule has 0 spiro atoms. The summed E-state index contributed by atoms with van der Waals surface area (Å²) in [5, 5.41) is 2.86. The van der Waals surface area contributed by atoms with Crippen LogP contribution in [0.4, 0.5) is 5.69 Å². The van der Waals surface area contributed by atoms with Crippen LogP contribution in [0.15, 0.2) is 36.4 Å². The number of esters is 1. The van der Waals surface area contributed by atoms with Gasteiger partial charge < -0.3 is 24.3 Å². The van der Waals surface area contributed by atoms with Gasteiger partial charge in [-0.1, -0.05) is 17.7 Å². The largest absolute Gasteiger partial charge is 0.496 e. The summed E-state index contributed by atoms with van der Waals surface area (Å²) in [6, 6.07) is 8.29. The Morgan fingerprint density at radius 3 is 2.32 bits per heavy atom. The smallest absolute Gasteiger partial charge is 0.341 e. The molecule has 1 N–H and O–H groups in total. The fourth-order valence-corrected chi connectivity index (χ4v) is 2.92. The van der Waals surface area contributed by atoms with E-state index in [4.69, 9.17) is 30.5 Å². The third kappa shape index (κ3) is 6.65. The second-order valence-corrected chi connectivity index (χ2v) is 6.55. The molecule has 0 aromatic heterocycles. The molecule has 7 nitrogen and oxygen atoms in total. The minimum atomic E-state index is -0.556. The van der Waals surface area contributed by atoms with Gasteiger partial charge in [0, 0.05) is 12.1 Å². The number of ether oxygens (including phenoxy) is 4. The van der Waals surface area contributed by atoms with Crippen LogP contribution >= 0.6 is 11.6 Å². The molecule has 0 saturated carbocycles. The molecule has 1 amide bonds. The highest BCUT2D eigenvalue weighted by molar-refractivity contribution is 6.34. The number of nitrogens with one attached hydrogen (secondary N) is 1. The molecule has 0 saturated heterocycles. The molecule has 0 heterocycles. The summed E-state index contributed by atoms with van der Waals surface area (Å²) in [5.74, 6) is 0.537. The fraction of sp³-hybridized carbons (Fsp3) is 0.304. The van der Waals surface area contributed by atoms with Crippen LogP contribution in [0.1, 0.15) is 36.7 Å². The second kappa shape index (κ2) is 11.9. The summed E-state index contributed by atoms with van der Waals surface area (Å²) in [7, 11) is 1.42. The molecule has 0 radical (unpaired) electrons. The van der Waals surface area contributed by atoms with Crippen LogP contribution in [-0.2, 0) is 9.53 Å². The maximum absolute atomic E-state index is 12.4. The molecule has 0 unspecified atom stereocenters. The second-order valence-electron chi connectivity index (χ2n) is 6.15. The van der Waals surface area contributed by atoms with Gasteiger partial charge in [-0.3, -0.25) is 4.79 Å². The van der Waals surface area contributed by atoms with Crippen molar-refractivity contribution < 1.29 is 28.5 Å². The van der Waals surface area contributed by atoms with Crippen molar-refractivity contribution in [1.29, 1.82) is 0 Å². The highest BCUT2D eigenvalue weighted by atomic mass is 35.5. The lowest BCUT2D eigenvalue weighted by atomic mass is 10.1. The summed E-state index contributed by atoms with van der Waals surface area (Å²) < 4.78 is 21.4. The van der Waals surface area contributed by atoms with Crippen LogP contribution in [0.2, 0.25) is 5.02 Å². The van der Waals surface area contributed by atoms with E-state index < -0.39 is 11.9 Å². The van der Waals surface area contributed by atoms with Gasteiger partial charge in [-0.05, 0) is 50.6 Å². The minimum absolute atomic E-state index is 0.181. The Hall–Kier alpha value is -3.19. The Morgan fingerprint density at radius 2 is 1.68 bits per heavy atom. The molecule has 8 heteroatoms. The Kier molecular flexibility index (Phi) is 9.21. The van der Waals surface area contributed by atoms with Crippen molar-refractivity contribution in [3.63, 3.8) is 0 Å². The molecular formula is C23H26ClNO6. The summed E-state index contributed by atoms with van der Waals surface area (Å²) in [6.07, 6.45) is 3.01. The Bertz CT molecular complexity index is 957. The van der Waals surface area contributed by atoms with Crippen molar-refractivity contribution in [2.45, 2.75) is 20.8 Å². The normalized spacial score (nSPS) is 10.6. The van der Waals surface area contributed by atoms with Crippen molar-refractivity contribution >= 4 is 35.2 Å². The molecule has 0 aliphatic carbocycles. The van der Waals surface area contributed by atoms with E-state index in [0.29, 0.717) is 30.4 Å². The van der Waals surface area contributed by atoms with Crippen molar-refractivity contribution in [2.24, 2.45) is 0 Å². The first-order chi connectivity index (χ1) is 14.9. The van der Waals surface area contributed by atoms with Gasteiger partial charge in [-0.25, -0.2) is 4.79 Å². The summed E-state index contributed by atoms with van der Waals surface area (Å²) in [4.78, 5) is 24.4. The van der Waals surface area contributed by atoms with Gasteiger partial charge in [0.1, 0.15) is 11.3 Å². The Balaban J connectivity index is 2.17. The lowest BCUT2D eigenvalue weighted by Crippen LogP contribution is -2.11. The van der Waals surface area contributed by atoms with Gasteiger partial charge in [0.2, 0.25) is 5.91 Å². The van der Waals surface area contributed by atoms with Crippen LogP contribution in [0.25, 0.3) is 6.08 Å². The molecule has 2 aromatic rings. The van der Waals surface area contributed by atoms with E-state index in [1.54, 1.807) is 25.1 Å². The summed E-state index contributed by atoms with van der Waals surface area (Å²) in [6.45, 7) is 6.73. The summed E-state index contributed by atoms with van der Waals surface area (Å²) >= 11 is 6.23. The molecule has 0 aliphatic rings. The summed E-state index contributed by atoms with van der Waals surface area (Å²) in [5.41, 5.74) is 1.26. The van der Waals surface area contributed by atoms with Crippen molar-refractivity contribution in [2.75, 3.05) is 32.2 Å². The Morgan fingerprint density at radius 1 is 0.968 bits per heavy atom. The first kappa shape index (κ1) is 24.1. The molecule has 0 aliphatic heterocycles. The molecule has 2 rings (SSSR count). The topological polar surface area (TPSA) is 83.1 Å². The number of methoxy groups -OCH3 is 1. The van der Waals surface area contributed by atoms with E-state index >= 15 is 0 Å². The molecule has 0 fully saturated rings. The standard InChI is InChI=1S/C23H26ClNO6/c1-5-29-19-10-8-15(12-21(19)30-6-2)9-11-22(26)25-18-14-20(28-4)16(13-17(18)24)23(27)31-7-3/h8-14H,5-7H2,1-4H3,(H,25,26)/b11-9+. The number of hydrogen-bond donors (Lipinski definition) is 1. The Labute approximate surface area is 186 Å². The predicted molar refractivity (Wildman–Crippen MR) is 120 cm³/mol. The van der Waals surface area contributed by atoms with E-state index in [0.717, 1.165) is 5.56 Å². The number of rotatable bonds is 10. The van der Waals surface area contributed by atoms with E-state index in [1.165, 1.54) is 25.3 Å². The van der Waals surface area contributed by atoms with Crippen LogP contribution < -0.4 is 19.5 Å². The molecule has 0 atom stereocenters. The van der Waals surface area contributed by atoms with E-state index in [-0.39, 0.29) is 22.9 Å². The van der Waals surface area contributed by atoms with E-state index in [2.05, 4.69) is 5.32 Å². The number of halogens is 1. The lowest BCUT2D eigenvalue weighted by molar-refractivity contribution is -0.111. The van der Waals surface area contributed by atoms with Crippen molar-refractivity contribution in [3.8, 4) is 17.2 Å². The average Bonchev–Trinajstić information content (AvgIpc) is 2.75. The van der Waals surface area contributed by atoms with Crippen molar-refractivity contribution in [1.82, 2.24) is 0 Å². The van der Waals surface area contributed by atoms with Crippen molar-refractivity contribution in [3.05, 3.63) is 52.6 Å². The lowest BCUT2D eigenvalue weighted by Gasteiger charge is -2.12. The number of anilines is 1. The minimum Gasteiger partial charge on any atom is -0.496 e. The number of carbonyl (C=O) groups is 2. The number of carbonyl (C=O) groups excluding carboxylic acids is 2. The van der Waals surface area contributed by atoms with Crippen LogP contribution in [-0.4, -0.2) is 38.8 Å². The zero-order valence-corrected chi connectivity index (χ0v) is 18.7. The third-order valence-corrected chi connectivity index (χ3v) is 4.35. The molecule has 2 aromatic carbocycles. The number of amides is 1. The highest BCUT2D eigenvalue weighted by Gasteiger charge is 2.17. The van der Waals surface area contributed by atoms with E-state index in [9.17, 15) is 9.59 Å². The monoisotopic (exact) mass is 447 g/mol. The third-order valence-electron chi connectivity index (χ3n) is 4.04. The van der Waals surface area contributed by atoms with Gasteiger partial charge in [0.05, 0.1) is 37.6 Å². The van der Waals surface area contributed by atoms with Crippen LogP contribution in [0.3, 0.4) is 0 Å². The molecule has 166 valence electrons.